The van der Waals surface area contributed by atoms with Crippen molar-refractivity contribution in [3.63, 3.8) is 0 Å². The summed E-state index contributed by atoms with van der Waals surface area (Å²) in [6.07, 6.45) is 0.301. The lowest BCUT2D eigenvalue weighted by Gasteiger charge is -2.33. The van der Waals surface area contributed by atoms with Gasteiger partial charge in [0.2, 0.25) is 11.8 Å². The normalized spacial score (nSPS) is 23.0. The van der Waals surface area contributed by atoms with Crippen LogP contribution in [0.15, 0.2) is 48.8 Å². The minimum Gasteiger partial charge on any atom is -0.406 e. The Balaban J connectivity index is 1.34. The van der Waals surface area contributed by atoms with Gasteiger partial charge in [0.25, 0.3) is 0 Å². The minimum absolute atomic E-state index is 0.00319. The number of halogens is 3. The maximum absolute atomic E-state index is 13.0. The number of carbonyl (C=O) groups is 2. The van der Waals surface area contributed by atoms with Crippen molar-refractivity contribution in [1.29, 1.82) is 0 Å². The van der Waals surface area contributed by atoms with Crippen molar-refractivity contribution in [2.75, 3.05) is 20.1 Å². The summed E-state index contributed by atoms with van der Waals surface area (Å²) < 4.78 is 41.8. The minimum atomic E-state index is -4.76. The number of pyridine rings is 1. The Kier molecular flexibility index (Phi) is 8.10. The second-order valence-corrected chi connectivity index (χ2v) is 9.21. The van der Waals surface area contributed by atoms with E-state index in [9.17, 15) is 22.8 Å². The van der Waals surface area contributed by atoms with Crippen LogP contribution in [-0.2, 0) is 22.7 Å². The van der Waals surface area contributed by atoms with Gasteiger partial charge < -0.3 is 15.4 Å². The number of alkyl halides is 3. The zero-order valence-corrected chi connectivity index (χ0v) is 20.0. The Morgan fingerprint density at radius 1 is 1.25 bits per heavy atom. The highest BCUT2D eigenvalue weighted by Crippen LogP contribution is 2.30. The molecule has 0 radical (unpaired) electrons. The van der Waals surface area contributed by atoms with E-state index in [-0.39, 0.29) is 29.6 Å². The zero-order chi connectivity index (χ0) is 25.7. The summed E-state index contributed by atoms with van der Waals surface area (Å²) in [5, 5.41) is 5.90. The van der Waals surface area contributed by atoms with Crippen LogP contribution < -0.4 is 15.4 Å². The number of fused-ring (bicyclic) bond motifs is 1. The van der Waals surface area contributed by atoms with E-state index in [4.69, 9.17) is 0 Å². The second kappa shape index (κ2) is 11.3. The summed E-state index contributed by atoms with van der Waals surface area (Å²) in [6, 6.07) is 9.08. The molecule has 0 bridgehead atoms. The predicted octanol–water partition coefficient (Wildman–Crippen LogP) is 2.45. The highest BCUT2D eigenvalue weighted by molar-refractivity contribution is 5.83. The number of rotatable bonds is 8. The van der Waals surface area contributed by atoms with Crippen molar-refractivity contribution in [1.82, 2.24) is 25.4 Å². The van der Waals surface area contributed by atoms with E-state index in [2.05, 4.69) is 25.3 Å². The summed E-state index contributed by atoms with van der Waals surface area (Å²) in [6.45, 7) is 1.81. The molecule has 1 aromatic heterocycles. The number of aromatic nitrogens is 1. The van der Waals surface area contributed by atoms with Crippen LogP contribution in [0.3, 0.4) is 0 Å². The van der Waals surface area contributed by atoms with Crippen molar-refractivity contribution >= 4 is 11.8 Å². The number of likely N-dealkylation sites (N-methyl/N-ethyl adjacent to an activating group) is 1. The summed E-state index contributed by atoms with van der Waals surface area (Å²) >= 11 is 0. The van der Waals surface area contributed by atoms with Gasteiger partial charge in [-0.15, -0.1) is 13.2 Å². The largest absolute Gasteiger partial charge is 0.573 e. The number of carbonyl (C=O) groups excluding carboxylic acids is 2. The number of nitrogens with one attached hydrogen (secondary N) is 2. The third-order valence-electron chi connectivity index (χ3n) is 6.78. The fourth-order valence-corrected chi connectivity index (χ4v) is 4.99. The molecule has 3 atom stereocenters. The van der Waals surface area contributed by atoms with Gasteiger partial charge in [0.05, 0.1) is 0 Å². The van der Waals surface area contributed by atoms with E-state index in [1.807, 2.05) is 24.1 Å². The predicted molar refractivity (Wildman–Crippen MR) is 126 cm³/mol. The quantitative estimate of drug-likeness (QED) is 0.573. The SMILES string of the molecule is CN1[C@@H](CCC(=O)NCc2cccnc2)CNC(=O)[C@@H]2[C@@H]1CCN2Cc1cccc(OC(F)(F)F)c1. The number of ether oxygens (including phenoxy) is 1. The number of hydrogen-bond donors (Lipinski definition) is 2. The van der Waals surface area contributed by atoms with Gasteiger partial charge in [-0.2, -0.15) is 0 Å². The van der Waals surface area contributed by atoms with Gasteiger partial charge in [-0.1, -0.05) is 18.2 Å². The number of benzene rings is 1. The van der Waals surface area contributed by atoms with Crippen LogP contribution in [0, 0.1) is 0 Å². The first-order valence-corrected chi connectivity index (χ1v) is 11.9. The van der Waals surface area contributed by atoms with Gasteiger partial charge in [-0.3, -0.25) is 24.4 Å². The van der Waals surface area contributed by atoms with Gasteiger partial charge in [0.15, 0.2) is 0 Å². The van der Waals surface area contributed by atoms with Crippen LogP contribution in [0.5, 0.6) is 5.75 Å². The van der Waals surface area contributed by atoms with Crippen molar-refractivity contribution < 1.29 is 27.5 Å². The number of likely N-dealkylation sites (tertiary alicyclic amines) is 1. The molecule has 2 aromatic rings. The van der Waals surface area contributed by atoms with Crippen LogP contribution in [0.1, 0.15) is 30.4 Å². The molecular weight excluding hydrogens is 475 g/mol. The van der Waals surface area contributed by atoms with E-state index in [0.29, 0.717) is 44.6 Å². The fourth-order valence-electron chi connectivity index (χ4n) is 4.99. The highest BCUT2D eigenvalue weighted by Gasteiger charge is 2.45. The summed E-state index contributed by atoms with van der Waals surface area (Å²) in [5.74, 6) is -0.441. The van der Waals surface area contributed by atoms with Crippen LogP contribution in [-0.4, -0.2) is 71.2 Å². The van der Waals surface area contributed by atoms with E-state index >= 15 is 0 Å². The van der Waals surface area contributed by atoms with Crippen molar-refractivity contribution in [3.8, 4) is 5.75 Å². The molecule has 0 aliphatic carbocycles. The molecule has 3 heterocycles. The maximum atomic E-state index is 13.0. The average Bonchev–Trinajstić information content (AvgIpc) is 3.20. The number of hydrogen-bond acceptors (Lipinski definition) is 6. The lowest BCUT2D eigenvalue weighted by atomic mass is 10.0. The molecule has 1 aromatic carbocycles. The Hall–Kier alpha value is -3.18. The molecule has 4 rings (SSSR count). The van der Waals surface area contributed by atoms with Gasteiger partial charge in [0, 0.05) is 57.1 Å². The average molecular weight is 506 g/mol. The third kappa shape index (κ3) is 6.73. The molecule has 2 saturated heterocycles. The summed E-state index contributed by atoms with van der Waals surface area (Å²) in [7, 11) is 1.97. The van der Waals surface area contributed by atoms with E-state index < -0.39 is 12.4 Å². The zero-order valence-electron chi connectivity index (χ0n) is 20.0. The molecule has 2 aliphatic rings. The smallest absolute Gasteiger partial charge is 0.406 e. The van der Waals surface area contributed by atoms with Crippen molar-refractivity contribution in [2.45, 2.75) is 56.8 Å². The first-order valence-electron chi connectivity index (χ1n) is 11.9. The van der Waals surface area contributed by atoms with Crippen LogP contribution in [0.4, 0.5) is 13.2 Å². The van der Waals surface area contributed by atoms with Gasteiger partial charge in [-0.25, -0.2) is 0 Å². The third-order valence-corrected chi connectivity index (χ3v) is 6.78. The molecular formula is C25H30F3N5O3. The number of nitrogens with zero attached hydrogens (tertiary/aromatic N) is 3. The second-order valence-electron chi connectivity index (χ2n) is 9.21. The summed E-state index contributed by atoms with van der Waals surface area (Å²) in [5.41, 5.74) is 1.56. The molecule has 194 valence electrons. The van der Waals surface area contributed by atoms with Crippen molar-refractivity contribution in [2.24, 2.45) is 0 Å². The molecule has 11 heteroatoms. The van der Waals surface area contributed by atoms with Crippen LogP contribution in [0.25, 0.3) is 0 Å². The molecule has 2 fully saturated rings. The first kappa shape index (κ1) is 25.9. The Morgan fingerprint density at radius 3 is 2.81 bits per heavy atom. The van der Waals surface area contributed by atoms with Gasteiger partial charge in [-0.05, 0) is 49.2 Å². The fraction of sp³-hybridized carbons (Fsp3) is 0.480. The lowest BCUT2D eigenvalue weighted by molar-refractivity contribution is -0.274. The van der Waals surface area contributed by atoms with Gasteiger partial charge >= 0.3 is 6.36 Å². The molecule has 36 heavy (non-hydrogen) atoms. The van der Waals surface area contributed by atoms with Crippen molar-refractivity contribution in [3.05, 3.63) is 59.9 Å². The Labute approximate surface area is 207 Å². The van der Waals surface area contributed by atoms with Gasteiger partial charge in [0.1, 0.15) is 11.8 Å². The maximum Gasteiger partial charge on any atom is 0.573 e. The molecule has 0 spiro atoms. The number of amides is 2. The first-order chi connectivity index (χ1) is 17.2. The standard InChI is InChI=1S/C25H30F3N5O3/c1-32-19(7-8-22(34)30-14-18-5-3-10-29-13-18)15-31-24(35)23-21(32)9-11-33(23)16-17-4-2-6-20(12-17)36-25(26,27)28/h2-6,10,12-13,19,21,23H,7-9,11,14-16H2,1H3,(H,30,34)(H,31,35)/t19-,21-,23-/m0/s1. The monoisotopic (exact) mass is 505 g/mol. The Bertz CT molecular complexity index is 1050. The van der Waals surface area contributed by atoms with Crippen LogP contribution in [0.2, 0.25) is 0 Å². The molecule has 8 nitrogen and oxygen atoms in total. The van der Waals surface area contributed by atoms with E-state index in [1.54, 1.807) is 18.5 Å². The highest BCUT2D eigenvalue weighted by atomic mass is 19.4. The topological polar surface area (TPSA) is 86.8 Å². The van der Waals surface area contributed by atoms with E-state index in [1.165, 1.54) is 18.2 Å². The molecule has 2 aliphatic heterocycles. The summed E-state index contributed by atoms with van der Waals surface area (Å²) in [4.78, 5) is 33.6. The Morgan fingerprint density at radius 2 is 2.06 bits per heavy atom. The van der Waals surface area contributed by atoms with Crippen LogP contribution >= 0.6 is 0 Å². The molecule has 0 saturated carbocycles. The lowest BCUT2D eigenvalue weighted by Crippen LogP contribution is -2.49. The molecule has 2 N–H and O–H groups in total. The molecule has 0 unspecified atom stereocenters. The molecule has 2 amide bonds. The van der Waals surface area contributed by atoms with E-state index in [0.717, 1.165) is 12.0 Å².